The van der Waals surface area contributed by atoms with Gasteiger partial charge in [0.1, 0.15) is 17.4 Å². The zero-order valence-electron chi connectivity index (χ0n) is 17.0. The number of hydrogen-bond donors (Lipinski definition) is 2. The molecule has 0 aliphatic rings. The molecule has 8 heteroatoms. The van der Waals surface area contributed by atoms with E-state index < -0.39 is 18.0 Å². The zero-order chi connectivity index (χ0) is 21.8. The zero-order valence-corrected chi connectivity index (χ0v) is 17.0. The van der Waals surface area contributed by atoms with Gasteiger partial charge in [-0.05, 0) is 61.5 Å². The fourth-order valence-electron chi connectivity index (χ4n) is 2.97. The molecule has 31 heavy (non-hydrogen) atoms. The maximum atomic E-state index is 12.5. The molecule has 0 aliphatic carbocycles. The average molecular weight is 416 g/mol. The van der Waals surface area contributed by atoms with Gasteiger partial charge in [0.05, 0.1) is 23.7 Å². The summed E-state index contributed by atoms with van der Waals surface area (Å²) < 4.78 is 10.5. The molecule has 0 spiro atoms. The number of nitrogens with zero attached hydrogens (tertiary/aromatic N) is 2. The Morgan fingerprint density at radius 1 is 1.06 bits per heavy atom. The van der Waals surface area contributed by atoms with Crippen molar-refractivity contribution in [2.24, 2.45) is 0 Å². The molecule has 0 saturated heterocycles. The number of nitrogens with one attached hydrogen (secondary N) is 2. The summed E-state index contributed by atoms with van der Waals surface area (Å²) >= 11 is 0. The normalized spacial score (nSPS) is 11.7. The van der Waals surface area contributed by atoms with Crippen LogP contribution in [0.15, 0.2) is 66.9 Å². The second kappa shape index (κ2) is 8.66. The van der Waals surface area contributed by atoms with Gasteiger partial charge in [-0.25, -0.2) is 14.8 Å². The fraction of sp³-hybridized carbons (Fsp3) is 0.130. The Bertz CT molecular complexity index is 1220. The minimum atomic E-state index is -0.984. The molecule has 156 valence electrons. The van der Waals surface area contributed by atoms with Crippen LogP contribution in [0.25, 0.3) is 22.4 Å². The van der Waals surface area contributed by atoms with Crippen LogP contribution in [0, 0.1) is 0 Å². The van der Waals surface area contributed by atoms with Gasteiger partial charge in [-0.3, -0.25) is 4.79 Å². The molecule has 8 nitrogen and oxygen atoms in total. The Kier molecular flexibility index (Phi) is 5.61. The molecule has 2 N–H and O–H groups in total. The highest BCUT2D eigenvalue weighted by atomic mass is 16.5. The predicted molar refractivity (Wildman–Crippen MR) is 116 cm³/mol. The average Bonchev–Trinajstić information content (AvgIpc) is 3.23. The molecule has 0 saturated carbocycles. The first-order valence-corrected chi connectivity index (χ1v) is 9.60. The molecule has 4 aromatic rings. The van der Waals surface area contributed by atoms with Crippen molar-refractivity contribution in [2.45, 2.75) is 13.0 Å². The number of H-pyrrole nitrogens is 1. The van der Waals surface area contributed by atoms with Gasteiger partial charge in [-0.1, -0.05) is 6.07 Å². The lowest BCUT2D eigenvalue weighted by Crippen LogP contribution is -2.30. The highest BCUT2D eigenvalue weighted by Crippen LogP contribution is 2.23. The summed E-state index contributed by atoms with van der Waals surface area (Å²) in [6.07, 6.45) is 0.577. The number of aromatic amines is 1. The summed E-state index contributed by atoms with van der Waals surface area (Å²) in [5.74, 6) is 0.750. The molecule has 1 amide bonds. The number of carbonyl (C=O) groups is 2. The van der Waals surface area contributed by atoms with Crippen molar-refractivity contribution in [1.82, 2.24) is 15.0 Å². The highest BCUT2D eigenvalue weighted by molar-refractivity contribution is 5.98. The summed E-state index contributed by atoms with van der Waals surface area (Å²) in [5.41, 5.74) is 2.60. The van der Waals surface area contributed by atoms with Gasteiger partial charge in [-0.2, -0.15) is 0 Å². The van der Waals surface area contributed by atoms with Crippen molar-refractivity contribution in [3.05, 3.63) is 72.4 Å². The fourth-order valence-corrected chi connectivity index (χ4v) is 2.97. The lowest BCUT2D eigenvalue weighted by atomic mass is 10.2. The van der Waals surface area contributed by atoms with Crippen LogP contribution in [0.2, 0.25) is 0 Å². The highest BCUT2D eigenvalue weighted by Gasteiger charge is 2.20. The number of methoxy groups -OCH3 is 1. The smallest absolute Gasteiger partial charge is 0.338 e. The van der Waals surface area contributed by atoms with E-state index in [0.717, 1.165) is 11.3 Å². The summed E-state index contributed by atoms with van der Waals surface area (Å²) in [6, 6.07) is 17.6. The van der Waals surface area contributed by atoms with Gasteiger partial charge in [-0.15, -0.1) is 0 Å². The lowest BCUT2D eigenvalue weighted by Gasteiger charge is -2.13. The minimum absolute atomic E-state index is 0.315. The molecule has 2 aromatic carbocycles. The van der Waals surface area contributed by atoms with Crippen LogP contribution >= 0.6 is 0 Å². The minimum Gasteiger partial charge on any atom is -0.497 e. The van der Waals surface area contributed by atoms with Gasteiger partial charge in [0.2, 0.25) is 0 Å². The van der Waals surface area contributed by atoms with E-state index in [1.165, 1.54) is 6.92 Å². The maximum Gasteiger partial charge on any atom is 0.338 e. The van der Waals surface area contributed by atoms with E-state index in [9.17, 15) is 9.59 Å². The van der Waals surface area contributed by atoms with E-state index in [1.54, 1.807) is 49.7 Å². The van der Waals surface area contributed by atoms with E-state index in [1.807, 2.05) is 24.3 Å². The Hall–Kier alpha value is -4.20. The topological polar surface area (TPSA) is 106 Å². The molecule has 0 fully saturated rings. The van der Waals surface area contributed by atoms with Crippen LogP contribution in [-0.2, 0) is 9.53 Å². The first-order valence-electron chi connectivity index (χ1n) is 9.60. The van der Waals surface area contributed by atoms with Crippen LogP contribution in [0.3, 0.4) is 0 Å². The second-order valence-electron chi connectivity index (χ2n) is 6.80. The van der Waals surface area contributed by atoms with Crippen molar-refractivity contribution in [3.8, 4) is 17.1 Å². The Morgan fingerprint density at radius 2 is 1.87 bits per heavy atom. The van der Waals surface area contributed by atoms with Crippen LogP contribution < -0.4 is 10.1 Å². The van der Waals surface area contributed by atoms with Crippen LogP contribution in [-0.4, -0.2) is 40.0 Å². The summed E-state index contributed by atoms with van der Waals surface area (Å²) in [6.45, 7) is 1.51. The number of pyridine rings is 1. The Labute approximate surface area is 178 Å². The van der Waals surface area contributed by atoms with E-state index in [0.29, 0.717) is 28.2 Å². The second-order valence-corrected chi connectivity index (χ2v) is 6.80. The van der Waals surface area contributed by atoms with Gasteiger partial charge in [0.15, 0.2) is 6.10 Å². The van der Waals surface area contributed by atoms with Crippen molar-refractivity contribution in [2.75, 3.05) is 12.4 Å². The standard InChI is InChI=1S/C23H20N4O4/c1-14(22(28)27-20-5-3-4-12-24-20)31-23(29)16-8-11-18-19(13-16)26-21(25-18)15-6-9-17(30-2)10-7-15/h3-14H,1-2H3,(H,25,26)(H,24,27,28). The molecule has 1 atom stereocenters. The SMILES string of the molecule is COc1ccc(-c2nc3ccc(C(=O)OC(C)C(=O)Nc4ccccn4)cc3[nH]2)cc1. The van der Waals surface area contributed by atoms with Gasteiger partial charge >= 0.3 is 5.97 Å². The molecular formula is C23H20N4O4. The lowest BCUT2D eigenvalue weighted by molar-refractivity contribution is -0.123. The number of aromatic nitrogens is 3. The van der Waals surface area contributed by atoms with Crippen molar-refractivity contribution in [3.63, 3.8) is 0 Å². The summed E-state index contributed by atoms with van der Waals surface area (Å²) in [5, 5.41) is 2.61. The quantitative estimate of drug-likeness (QED) is 0.463. The number of hydrogen-bond acceptors (Lipinski definition) is 6. The number of imidazole rings is 1. The summed E-state index contributed by atoms with van der Waals surface area (Å²) in [7, 11) is 1.61. The van der Waals surface area contributed by atoms with E-state index >= 15 is 0 Å². The van der Waals surface area contributed by atoms with Crippen LogP contribution in [0.5, 0.6) is 5.75 Å². The van der Waals surface area contributed by atoms with Gasteiger partial charge < -0.3 is 19.8 Å². The maximum absolute atomic E-state index is 12.5. The molecule has 2 heterocycles. The van der Waals surface area contributed by atoms with E-state index in [-0.39, 0.29) is 0 Å². The number of ether oxygens (including phenoxy) is 2. The van der Waals surface area contributed by atoms with Crippen LogP contribution in [0.1, 0.15) is 17.3 Å². The number of carbonyl (C=O) groups excluding carboxylic acids is 2. The third kappa shape index (κ3) is 4.53. The number of fused-ring (bicyclic) bond motifs is 1. The van der Waals surface area contributed by atoms with Crippen molar-refractivity contribution >= 4 is 28.7 Å². The Morgan fingerprint density at radius 3 is 2.58 bits per heavy atom. The number of amides is 1. The first kappa shape index (κ1) is 20.1. The van der Waals surface area contributed by atoms with Crippen molar-refractivity contribution in [1.29, 1.82) is 0 Å². The number of benzene rings is 2. The molecule has 0 bridgehead atoms. The molecule has 1 unspecified atom stereocenters. The predicted octanol–water partition coefficient (Wildman–Crippen LogP) is 3.82. The van der Waals surface area contributed by atoms with E-state index in [2.05, 4.69) is 20.3 Å². The number of anilines is 1. The monoisotopic (exact) mass is 416 g/mol. The largest absolute Gasteiger partial charge is 0.497 e. The number of rotatable bonds is 6. The molecule has 4 rings (SSSR count). The van der Waals surface area contributed by atoms with Gasteiger partial charge in [0, 0.05) is 11.8 Å². The van der Waals surface area contributed by atoms with Crippen LogP contribution in [0.4, 0.5) is 5.82 Å². The van der Waals surface area contributed by atoms with E-state index in [4.69, 9.17) is 9.47 Å². The molecule has 2 aromatic heterocycles. The van der Waals surface area contributed by atoms with Crippen molar-refractivity contribution < 1.29 is 19.1 Å². The Balaban J connectivity index is 1.47. The molecule has 0 aliphatic heterocycles. The third-order valence-corrected chi connectivity index (χ3v) is 4.65. The summed E-state index contributed by atoms with van der Waals surface area (Å²) in [4.78, 5) is 36.6. The third-order valence-electron chi connectivity index (χ3n) is 4.65. The first-order chi connectivity index (χ1) is 15.0. The molecular weight excluding hydrogens is 396 g/mol. The number of esters is 1. The van der Waals surface area contributed by atoms with Gasteiger partial charge in [0.25, 0.3) is 5.91 Å². The molecule has 0 radical (unpaired) electrons.